The number of hydrogen-bond donors (Lipinski definition) is 0. The number of rotatable bonds is 7. The normalized spacial score (nSPS) is 11.5. The minimum Gasteiger partial charge on any atom is -0.308 e. The lowest BCUT2D eigenvalue weighted by molar-refractivity contribution is -0.116. The number of benzene rings is 2. The number of hydrogen-bond acceptors (Lipinski definition) is 6. The molecule has 1 aromatic heterocycles. The van der Waals surface area contributed by atoms with E-state index in [1.807, 2.05) is 4.90 Å². The molecule has 1 amide bonds. The van der Waals surface area contributed by atoms with Crippen LogP contribution in [0.2, 0.25) is 0 Å². The zero-order valence-corrected chi connectivity index (χ0v) is 18.7. The van der Waals surface area contributed by atoms with Crippen LogP contribution < -0.4 is 4.90 Å². The standard InChI is InChI=1S/C19H19F2N3O3S2.ClH/c1-23(2)8-9-24(17(25)12-29(26,27)14-6-4-3-5-7-14)19-22-18-15(21)10-13(20)11-16(18)28-19;/h3-7,10-11H,8-9,12H2,1-2H3;1H. The molecule has 3 aromatic rings. The molecule has 0 atom stereocenters. The van der Waals surface area contributed by atoms with Crippen molar-refractivity contribution in [2.24, 2.45) is 0 Å². The van der Waals surface area contributed by atoms with Gasteiger partial charge in [-0.1, -0.05) is 29.5 Å². The molecule has 0 unspecified atom stereocenters. The van der Waals surface area contributed by atoms with Crippen LogP contribution in [0.4, 0.5) is 13.9 Å². The summed E-state index contributed by atoms with van der Waals surface area (Å²) in [6.07, 6.45) is 0. The minimum absolute atomic E-state index is 0. The van der Waals surface area contributed by atoms with Gasteiger partial charge in [0.05, 0.1) is 9.60 Å². The second-order valence-corrected chi connectivity index (χ2v) is 9.65. The summed E-state index contributed by atoms with van der Waals surface area (Å²) >= 11 is 0.936. The van der Waals surface area contributed by atoms with Crippen LogP contribution >= 0.6 is 23.7 Å². The smallest absolute Gasteiger partial charge is 0.244 e. The number of carbonyl (C=O) groups excluding carboxylic acids is 1. The number of nitrogens with zero attached hydrogens (tertiary/aromatic N) is 3. The number of amides is 1. The van der Waals surface area contributed by atoms with E-state index in [1.54, 1.807) is 32.3 Å². The quantitative estimate of drug-likeness (QED) is 0.524. The molecular weight excluding hydrogens is 456 g/mol. The highest BCUT2D eigenvalue weighted by atomic mass is 35.5. The van der Waals surface area contributed by atoms with E-state index >= 15 is 0 Å². The Morgan fingerprint density at radius 2 is 1.77 bits per heavy atom. The molecule has 1 heterocycles. The maximum atomic E-state index is 14.0. The van der Waals surface area contributed by atoms with Crippen molar-refractivity contribution < 1.29 is 22.0 Å². The number of fused-ring (bicyclic) bond motifs is 1. The molecule has 2 aromatic carbocycles. The summed E-state index contributed by atoms with van der Waals surface area (Å²) in [4.78, 5) is 20.1. The molecular formula is C19H20ClF2N3O3S2. The number of carbonyl (C=O) groups is 1. The lowest BCUT2D eigenvalue weighted by Crippen LogP contribution is -2.40. The molecule has 0 saturated carbocycles. The van der Waals surface area contributed by atoms with Gasteiger partial charge in [-0.05, 0) is 32.3 Å². The molecule has 0 bridgehead atoms. The van der Waals surface area contributed by atoms with Crippen molar-refractivity contribution in [2.45, 2.75) is 4.90 Å². The molecule has 3 rings (SSSR count). The topological polar surface area (TPSA) is 70.6 Å². The van der Waals surface area contributed by atoms with E-state index < -0.39 is 33.1 Å². The predicted molar refractivity (Wildman–Crippen MR) is 116 cm³/mol. The second-order valence-electron chi connectivity index (χ2n) is 6.65. The van der Waals surface area contributed by atoms with Crippen LogP contribution in [-0.2, 0) is 14.6 Å². The summed E-state index contributed by atoms with van der Waals surface area (Å²) in [7, 11) is -0.253. The monoisotopic (exact) mass is 475 g/mol. The van der Waals surface area contributed by atoms with Crippen molar-refractivity contribution in [3.8, 4) is 0 Å². The Bertz CT molecular complexity index is 1140. The van der Waals surface area contributed by atoms with Crippen molar-refractivity contribution in [3.63, 3.8) is 0 Å². The summed E-state index contributed by atoms with van der Waals surface area (Å²) in [5, 5.41) is 0.125. The average molecular weight is 476 g/mol. The third-order valence-electron chi connectivity index (χ3n) is 4.12. The van der Waals surface area contributed by atoms with E-state index in [-0.39, 0.29) is 39.2 Å². The van der Waals surface area contributed by atoms with Gasteiger partial charge in [0.2, 0.25) is 5.91 Å². The molecule has 6 nitrogen and oxygen atoms in total. The lowest BCUT2D eigenvalue weighted by Gasteiger charge is -2.22. The van der Waals surface area contributed by atoms with Crippen LogP contribution in [0.5, 0.6) is 0 Å². The predicted octanol–water partition coefficient (Wildman–Crippen LogP) is 3.36. The van der Waals surface area contributed by atoms with Gasteiger partial charge in [-0.25, -0.2) is 22.2 Å². The molecule has 11 heteroatoms. The number of anilines is 1. The first-order valence-corrected chi connectivity index (χ1v) is 11.1. The van der Waals surface area contributed by atoms with Crippen LogP contribution in [0.3, 0.4) is 0 Å². The van der Waals surface area contributed by atoms with Crippen molar-refractivity contribution in [3.05, 3.63) is 54.1 Å². The molecule has 30 heavy (non-hydrogen) atoms. The van der Waals surface area contributed by atoms with E-state index in [0.29, 0.717) is 6.54 Å². The van der Waals surface area contributed by atoms with Gasteiger partial charge in [0.1, 0.15) is 17.1 Å². The van der Waals surface area contributed by atoms with Gasteiger partial charge >= 0.3 is 0 Å². The van der Waals surface area contributed by atoms with Gasteiger partial charge in [-0.3, -0.25) is 9.69 Å². The average Bonchev–Trinajstić information content (AvgIpc) is 3.06. The number of thiazole rings is 1. The van der Waals surface area contributed by atoms with E-state index in [2.05, 4.69) is 4.98 Å². The van der Waals surface area contributed by atoms with E-state index in [9.17, 15) is 22.0 Å². The fourth-order valence-electron chi connectivity index (χ4n) is 2.64. The summed E-state index contributed by atoms with van der Waals surface area (Å²) < 4.78 is 53.0. The summed E-state index contributed by atoms with van der Waals surface area (Å²) in [6.45, 7) is 0.587. The maximum Gasteiger partial charge on any atom is 0.244 e. The van der Waals surface area contributed by atoms with Crippen LogP contribution in [0, 0.1) is 11.6 Å². The summed E-state index contributed by atoms with van der Waals surface area (Å²) in [5.41, 5.74) is -0.0556. The van der Waals surface area contributed by atoms with Crippen LogP contribution in [0.25, 0.3) is 10.2 Å². The zero-order valence-electron chi connectivity index (χ0n) is 16.2. The first kappa shape index (κ1) is 24.1. The fourth-order valence-corrected chi connectivity index (χ4v) is 4.91. The number of halogens is 3. The first-order valence-electron chi connectivity index (χ1n) is 8.66. The van der Waals surface area contributed by atoms with Gasteiger partial charge in [-0.15, -0.1) is 12.4 Å². The minimum atomic E-state index is -3.86. The van der Waals surface area contributed by atoms with Crippen molar-refractivity contribution in [1.29, 1.82) is 0 Å². The van der Waals surface area contributed by atoms with Gasteiger partial charge in [0.15, 0.2) is 20.8 Å². The molecule has 0 aliphatic carbocycles. The Balaban J connectivity index is 0.00000320. The largest absolute Gasteiger partial charge is 0.308 e. The molecule has 0 spiro atoms. The molecule has 0 fully saturated rings. The van der Waals surface area contributed by atoms with Gasteiger partial charge < -0.3 is 4.90 Å². The van der Waals surface area contributed by atoms with Crippen LogP contribution in [-0.4, -0.2) is 57.1 Å². The van der Waals surface area contributed by atoms with Gasteiger partial charge in [-0.2, -0.15) is 0 Å². The fraction of sp³-hybridized carbons (Fsp3) is 0.263. The number of aromatic nitrogens is 1. The van der Waals surface area contributed by atoms with Crippen molar-refractivity contribution >= 4 is 54.8 Å². The van der Waals surface area contributed by atoms with Gasteiger partial charge in [0, 0.05) is 19.2 Å². The molecule has 0 aliphatic rings. The van der Waals surface area contributed by atoms with E-state index in [4.69, 9.17) is 0 Å². The molecule has 0 N–H and O–H groups in total. The van der Waals surface area contributed by atoms with E-state index in [0.717, 1.165) is 23.5 Å². The van der Waals surface area contributed by atoms with E-state index in [1.165, 1.54) is 17.0 Å². The Morgan fingerprint density at radius 3 is 2.40 bits per heavy atom. The third-order valence-corrected chi connectivity index (χ3v) is 6.76. The first-order chi connectivity index (χ1) is 13.7. The Hall–Kier alpha value is -2.14. The Kier molecular flexibility index (Phi) is 7.87. The highest BCUT2D eigenvalue weighted by Gasteiger charge is 2.27. The lowest BCUT2D eigenvalue weighted by atomic mass is 10.3. The van der Waals surface area contributed by atoms with Crippen molar-refractivity contribution in [2.75, 3.05) is 37.8 Å². The van der Waals surface area contributed by atoms with Crippen LogP contribution in [0.15, 0.2) is 47.4 Å². The zero-order chi connectivity index (χ0) is 21.2. The van der Waals surface area contributed by atoms with Crippen molar-refractivity contribution in [1.82, 2.24) is 9.88 Å². The molecule has 0 saturated heterocycles. The third kappa shape index (κ3) is 5.51. The Morgan fingerprint density at radius 1 is 1.10 bits per heavy atom. The second kappa shape index (κ2) is 9.78. The maximum absolute atomic E-state index is 14.0. The SMILES string of the molecule is CN(C)CCN(C(=O)CS(=O)(=O)c1ccccc1)c1nc2c(F)cc(F)cc2s1.Cl. The Labute approximate surface area is 183 Å². The molecule has 162 valence electrons. The van der Waals surface area contributed by atoms with Gasteiger partial charge in [0.25, 0.3) is 0 Å². The summed E-state index contributed by atoms with van der Waals surface area (Å²) in [5.74, 6) is -3.02. The molecule has 0 radical (unpaired) electrons. The van der Waals surface area contributed by atoms with Crippen LogP contribution in [0.1, 0.15) is 0 Å². The number of likely N-dealkylation sites (N-methyl/N-ethyl adjacent to an activating group) is 1. The highest BCUT2D eigenvalue weighted by Crippen LogP contribution is 2.31. The number of sulfone groups is 1. The molecule has 0 aliphatic heterocycles. The highest BCUT2D eigenvalue weighted by molar-refractivity contribution is 7.92. The summed E-state index contributed by atoms with van der Waals surface area (Å²) in [6, 6.07) is 9.52.